The number of fused-ring (bicyclic) bond motifs is 1. The van der Waals surface area contributed by atoms with E-state index in [-0.39, 0.29) is 5.92 Å². The van der Waals surface area contributed by atoms with Gasteiger partial charge in [0.15, 0.2) is 5.78 Å². The van der Waals surface area contributed by atoms with Crippen molar-refractivity contribution in [3.05, 3.63) is 29.3 Å². The molecule has 2 nitrogen and oxygen atoms in total. The average Bonchev–Trinajstić information content (AvgIpc) is 2.86. The van der Waals surface area contributed by atoms with Crippen LogP contribution in [0, 0.1) is 5.92 Å². The van der Waals surface area contributed by atoms with Crippen LogP contribution in [0.1, 0.15) is 48.0 Å². The van der Waals surface area contributed by atoms with Gasteiger partial charge in [-0.15, -0.1) is 0 Å². The molecular weight excluding hydrogens is 210 g/mol. The number of carbonyl (C=O) groups is 1. The van der Waals surface area contributed by atoms with Gasteiger partial charge in [0.1, 0.15) is 0 Å². The summed E-state index contributed by atoms with van der Waals surface area (Å²) in [5.74, 6) is 0.643. The summed E-state index contributed by atoms with van der Waals surface area (Å²) in [5, 5.41) is 3.35. The molecule has 0 saturated heterocycles. The number of benzene rings is 1. The molecule has 2 aliphatic rings. The lowest BCUT2D eigenvalue weighted by Gasteiger charge is -2.20. The third-order valence-electron chi connectivity index (χ3n) is 4.08. The number of hydrogen-bond acceptors (Lipinski definition) is 2. The largest absolute Gasteiger partial charge is 0.384 e. The van der Waals surface area contributed by atoms with Gasteiger partial charge in [0.05, 0.1) is 0 Å². The first-order chi connectivity index (χ1) is 8.34. The molecule has 90 valence electrons. The van der Waals surface area contributed by atoms with Crippen LogP contribution in [0.3, 0.4) is 0 Å². The van der Waals surface area contributed by atoms with Crippen LogP contribution in [0.5, 0.6) is 0 Å². The molecule has 2 heteroatoms. The van der Waals surface area contributed by atoms with Gasteiger partial charge in [-0.25, -0.2) is 0 Å². The van der Waals surface area contributed by atoms with Crippen molar-refractivity contribution in [3.8, 4) is 0 Å². The van der Waals surface area contributed by atoms with Crippen molar-refractivity contribution >= 4 is 11.5 Å². The van der Waals surface area contributed by atoms with Crippen LogP contribution in [0.25, 0.3) is 0 Å². The maximum Gasteiger partial charge on any atom is 0.166 e. The molecule has 1 N–H and O–H groups in total. The summed E-state index contributed by atoms with van der Waals surface area (Å²) in [6.07, 6.45) is 7.01. The van der Waals surface area contributed by atoms with Crippen LogP contribution in [0.4, 0.5) is 5.69 Å². The number of rotatable bonds is 2. The summed E-state index contributed by atoms with van der Waals surface area (Å²) < 4.78 is 0. The highest BCUT2D eigenvalue weighted by Crippen LogP contribution is 2.29. The quantitative estimate of drug-likeness (QED) is 0.787. The van der Waals surface area contributed by atoms with Crippen molar-refractivity contribution in [3.63, 3.8) is 0 Å². The SMILES string of the molecule is O=C(c1ccc2c(c1)NCC2)C1CCCCC1. The summed E-state index contributed by atoms with van der Waals surface area (Å²) in [5.41, 5.74) is 3.43. The summed E-state index contributed by atoms with van der Waals surface area (Å²) >= 11 is 0. The van der Waals surface area contributed by atoms with Gasteiger partial charge in [-0.1, -0.05) is 31.4 Å². The molecule has 0 aromatic heterocycles. The minimum atomic E-state index is 0.281. The first-order valence-electron chi connectivity index (χ1n) is 6.75. The van der Waals surface area contributed by atoms with Gasteiger partial charge in [-0.2, -0.15) is 0 Å². The third kappa shape index (κ3) is 2.08. The Kier molecular flexibility index (Phi) is 2.87. The Balaban J connectivity index is 1.81. The monoisotopic (exact) mass is 229 g/mol. The molecule has 0 unspecified atom stereocenters. The Hall–Kier alpha value is -1.31. The van der Waals surface area contributed by atoms with Crippen molar-refractivity contribution in [1.29, 1.82) is 0 Å². The lowest BCUT2D eigenvalue weighted by molar-refractivity contribution is 0.0889. The number of anilines is 1. The molecule has 1 heterocycles. The van der Waals surface area contributed by atoms with Gasteiger partial charge in [-0.3, -0.25) is 4.79 Å². The minimum absolute atomic E-state index is 0.281. The second-order valence-corrected chi connectivity index (χ2v) is 5.25. The lowest BCUT2D eigenvalue weighted by Crippen LogP contribution is -2.17. The molecule has 0 radical (unpaired) electrons. The summed E-state index contributed by atoms with van der Waals surface area (Å²) in [4.78, 5) is 12.4. The highest BCUT2D eigenvalue weighted by atomic mass is 16.1. The topological polar surface area (TPSA) is 29.1 Å². The van der Waals surface area contributed by atoms with Crippen LogP contribution in [-0.4, -0.2) is 12.3 Å². The third-order valence-corrected chi connectivity index (χ3v) is 4.08. The van der Waals surface area contributed by atoms with Crippen molar-refractivity contribution in [2.45, 2.75) is 38.5 Å². The van der Waals surface area contributed by atoms with Gasteiger partial charge in [0.2, 0.25) is 0 Å². The summed E-state index contributed by atoms with van der Waals surface area (Å²) in [6.45, 7) is 1.01. The Labute approximate surface area is 102 Å². The molecule has 1 aromatic rings. The maximum atomic E-state index is 12.4. The Morgan fingerprint density at radius 2 is 2.00 bits per heavy atom. The molecule has 1 aliphatic heterocycles. The fraction of sp³-hybridized carbons (Fsp3) is 0.533. The fourth-order valence-electron chi connectivity index (χ4n) is 3.04. The highest BCUT2D eigenvalue weighted by molar-refractivity contribution is 5.99. The standard InChI is InChI=1S/C15H19NO/c17-15(12-4-2-1-3-5-12)13-7-6-11-8-9-16-14(11)10-13/h6-7,10,12,16H,1-5,8-9H2. The second-order valence-electron chi connectivity index (χ2n) is 5.25. The Morgan fingerprint density at radius 1 is 1.18 bits per heavy atom. The van der Waals surface area contributed by atoms with Gasteiger partial charge in [0, 0.05) is 23.7 Å². The number of carbonyl (C=O) groups excluding carboxylic acids is 1. The molecule has 1 aliphatic carbocycles. The zero-order valence-electron chi connectivity index (χ0n) is 10.2. The minimum Gasteiger partial charge on any atom is -0.384 e. The average molecular weight is 229 g/mol. The second kappa shape index (κ2) is 4.52. The molecule has 0 bridgehead atoms. The van der Waals surface area contributed by atoms with Crippen LogP contribution in [0.2, 0.25) is 0 Å². The molecule has 0 amide bonds. The molecule has 17 heavy (non-hydrogen) atoms. The molecule has 1 fully saturated rings. The number of ketones is 1. The van der Waals surface area contributed by atoms with E-state index in [1.165, 1.54) is 30.5 Å². The van der Waals surface area contributed by atoms with Crippen molar-refractivity contribution in [2.75, 3.05) is 11.9 Å². The lowest BCUT2D eigenvalue weighted by atomic mass is 9.83. The normalized spacial score (nSPS) is 19.8. The van der Waals surface area contributed by atoms with E-state index in [0.717, 1.165) is 31.4 Å². The zero-order valence-corrected chi connectivity index (χ0v) is 10.2. The van der Waals surface area contributed by atoms with E-state index in [0.29, 0.717) is 5.78 Å². The van der Waals surface area contributed by atoms with Gasteiger partial charge in [0.25, 0.3) is 0 Å². The van der Waals surface area contributed by atoms with E-state index in [1.54, 1.807) is 0 Å². The molecule has 1 saturated carbocycles. The first kappa shape index (κ1) is 10.8. The molecule has 0 atom stereocenters. The molecule has 0 spiro atoms. The fourth-order valence-corrected chi connectivity index (χ4v) is 3.04. The van der Waals surface area contributed by atoms with Gasteiger partial charge in [-0.05, 0) is 30.9 Å². The van der Waals surface area contributed by atoms with E-state index >= 15 is 0 Å². The maximum absolute atomic E-state index is 12.4. The molecule has 1 aromatic carbocycles. The Morgan fingerprint density at radius 3 is 2.82 bits per heavy atom. The van der Waals surface area contributed by atoms with Crippen LogP contribution in [-0.2, 0) is 6.42 Å². The van der Waals surface area contributed by atoms with E-state index in [2.05, 4.69) is 17.4 Å². The van der Waals surface area contributed by atoms with Crippen molar-refractivity contribution in [2.24, 2.45) is 5.92 Å². The Bertz CT molecular complexity index is 433. The van der Waals surface area contributed by atoms with Crippen LogP contribution >= 0.6 is 0 Å². The summed E-state index contributed by atoms with van der Waals surface area (Å²) in [6, 6.07) is 6.19. The van der Waals surface area contributed by atoms with E-state index in [9.17, 15) is 4.79 Å². The predicted molar refractivity (Wildman–Crippen MR) is 69.5 cm³/mol. The highest BCUT2D eigenvalue weighted by Gasteiger charge is 2.23. The number of nitrogens with one attached hydrogen (secondary N) is 1. The molecular formula is C15H19NO. The van der Waals surface area contributed by atoms with Gasteiger partial charge < -0.3 is 5.32 Å². The number of Topliss-reactive ketones (excluding diaryl/α,β-unsaturated/α-hetero) is 1. The molecule has 3 rings (SSSR count). The van der Waals surface area contributed by atoms with E-state index < -0.39 is 0 Å². The first-order valence-corrected chi connectivity index (χ1v) is 6.75. The zero-order chi connectivity index (χ0) is 11.7. The van der Waals surface area contributed by atoms with Crippen LogP contribution in [0.15, 0.2) is 18.2 Å². The van der Waals surface area contributed by atoms with Crippen molar-refractivity contribution in [1.82, 2.24) is 0 Å². The van der Waals surface area contributed by atoms with Gasteiger partial charge >= 0.3 is 0 Å². The van der Waals surface area contributed by atoms with E-state index in [1.807, 2.05) is 6.07 Å². The number of hydrogen-bond donors (Lipinski definition) is 1. The van der Waals surface area contributed by atoms with E-state index in [4.69, 9.17) is 0 Å². The smallest absolute Gasteiger partial charge is 0.166 e. The summed E-state index contributed by atoms with van der Waals surface area (Å²) in [7, 11) is 0. The predicted octanol–water partition coefficient (Wildman–Crippen LogP) is 3.42. The van der Waals surface area contributed by atoms with Crippen molar-refractivity contribution < 1.29 is 4.79 Å². The van der Waals surface area contributed by atoms with Crippen LogP contribution < -0.4 is 5.32 Å².